The number of benzene rings is 1. The van der Waals surface area contributed by atoms with Gasteiger partial charge in [-0.15, -0.1) is 0 Å². The molecule has 0 heterocycles. The monoisotopic (exact) mass is 289 g/mol. The summed E-state index contributed by atoms with van der Waals surface area (Å²) in [6.45, 7) is 0. The summed E-state index contributed by atoms with van der Waals surface area (Å²) in [6, 6.07) is 3.27. The van der Waals surface area contributed by atoms with Crippen molar-refractivity contribution in [1.29, 1.82) is 0 Å². The zero-order chi connectivity index (χ0) is 13.5. The van der Waals surface area contributed by atoms with Crippen molar-refractivity contribution in [1.82, 2.24) is 0 Å². The molecule has 0 bridgehead atoms. The number of hydrogen-bond donors (Lipinski definition) is 1. The maximum absolute atomic E-state index is 11.7. The van der Waals surface area contributed by atoms with E-state index < -0.39 is 0 Å². The topological polar surface area (TPSA) is 47.6 Å². The number of amides is 1. The first kappa shape index (κ1) is 15.0. The second kappa shape index (κ2) is 7.38. The van der Waals surface area contributed by atoms with Crippen LogP contribution in [0, 0.1) is 0 Å². The summed E-state index contributed by atoms with van der Waals surface area (Å²) in [6.07, 6.45) is 2.41. The normalized spacial score (nSPS) is 10.0. The van der Waals surface area contributed by atoms with E-state index in [-0.39, 0.29) is 5.91 Å². The molecule has 1 rings (SSSR count). The number of carbonyl (C=O) groups excluding carboxylic acids is 1. The summed E-state index contributed by atoms with van der Waals surface area (Å²) < 4.78 is 10.3. The minimum absolute atomic E-state index is 0.0629. The number of nitrogens with one attached hydrogen (secondary N) is 1. The van der Waals surface area contributed by atoms with Gasteiger partial charge in [-0.25, -0.2) is 0 Å². The van der Waals surface area contributed by atoms with E-state index in [0.717, 1.165) is 5.75 Å². The molecule has 6 heteroatoms. The Bertz CT molecular complexity index is 426. The second-order valence-corrected chi connectivity index (χ2v) is 4.87. The van der Waals surface area contributed by atoms with E-state index in [0.29, 0.717) is 28.6 Å². The Balaban J connectivity index is 2.89. The molecule has 1 amide bonds. The molecule has 0 aliphatic rings. The first-order valence-electron chi connectivity index (χ1n) is 5.32. The predicted octanol–water partition coefficient (Wildman–Crippen LogP) is 3.05. The van der Waals surface area contributed by atoms with Gasteiger partial charge in [-0.3, -0.25) is 4.79 Å². The van der Waals surface area contributed by atoms with Gasteiger partial charge >= 0.3 is 0 Å². The molecule has 1 aromatic carbocycles. The number of thioether (sulfide) groups is 1. The van der Waals surface area contributed by atoms with Gasteiger partial charge in [0.15, 0.2) is 0 Å². The first-order valence-corrected chi connectivity index (χ1v) is 7.09. The highest BCUT2D eigenvalue weighted by Crippen LogP contribution is 2.35. The van der Waals surface area contributed by atoms with Crippen molar-refractivity contribution in [2.75, 3.05) is 31.5 Å². The highest BCUT2D eigenvalue weighted by Gasteiger charge is 2.12. The Morgan fingerprint density at radius 2 is 2.00 bits per heavy atom. The van der Waals surface area contributed by atoms with Crippen LogP contribution in [-0.2, 0) is 4.79 Å². The zero-order valence-electron chi connectivity index (χ0n) is 10.6. The molecular formula is C12H16ClNO3S. The second-order valence-electron chi connectivity index (χ2n) is 3.48. The highest BCUT2D eigenvalue weighted by atomic mass is 35.5. The van der Waals surface area contributed by atoms with Gasteiger partial charge in [0.05, 0.1) is 24.9 Å². The Labute approximate surface area is 116 Å². The quantitative estimate of drug-likeness (QED) is 0.874. The molecule has 0 spiro atoms. The van der Waals surface area contributed by atoms with E-state index in [2.05, 4.69) is 5.32 Å². The fourth-order valence-corrected chi connectivity index (χ4v) is 1.99. The van der Waals surface area contributed by atoms with Gasteiger partial charge < -0.3 is 14.8 Å². The minimum Gasteiger partial charge on any atom is -0.495 e. The Morgan fingerprint density at radius 3 is 2.56 bits per heavy atom. The molecule has 0 fully saturated rings. The average Bonchev–Trinajstić information content (AvgIpc) is 2.37. The standard InChI is InChI=1S/C12H16ClNO3S/c1-16-10-7-9(11(17-2)6-8(10)13)14-12(15)4-5-18-3/h6-7H,4-5H2,1-3H3,(H,14,15). The SMILES string of the molecule is COc1cc(NC(=O)CCSC)c(OC)cc1Cl. The lowest BCUT2D eigenvalue weighted by Crippen LogP contribution is -2.13. The summed E-state index contributed by atoms with van der Waals surface area (Å²) in [4.78, 5) is 11.7. The van der Waals surface area contributed by atoms with Gasteiger partial charge in [0.1, 0.15) is 11.5 Å². The van der Waals surface area contributed by atoms with E-state index in [1.807, 2.05) is 6.26 Å². The number of rotatable bonds is 6. The zero-order valence-corrected chi connectivity index (χ0v) is 12.2. The fraction of sp³-hybridized carbons (Fsp3) is 0.417. The fourth-order valence-electron chi connectivity index (χ4n) is 1.37. The van der Waals surface area contributed by atoms with Crippen LogP contribution in [0.3, 0.4) is 0 Å². The van der Waals surface area contributed by atoms with Crippen molar-refractivity contribution < 1.29 is 14.3 Å². The van der Waals surface area contributed by atoms with Gasteiger partial charge in [0.25, 0.3) is 0 Å². The molecule has 0 saturated heterocycles. The van der Waals surface area contributed by atoms with Crippen LogP contribution in [0.1, 0.15) is 6.42 Å². The van der Waals surface area contributed by atoms with Crippen LogP contribution < -0.4 is 14.8 Å². The van der Waals surface area contributed by atoms with Crippen molar-refractivity contribution in [3.8, 4) is 11.5 Å². The number of ether oxygens (including phenoxy) is 2. The van der Waals surface area contributed by atoms with Crippen LogP contribution in [-0.4, -0.2) is 32.1 Å². The van der Waals surface area contributed by atoms with Crippen LogP contribution in [0.2, 0.25) is 5.02 Å². The number of hydrogen-bond acceptors (Lipinski definition) is 4. The molecule has 0 aromatic heterocycles. The maximum Gasteiger partial charge on any atom is 0.225 e. The molecule has 0 atom stereocenters. The summed E-state index contributed by atoms with van der Waals surface area (Å²) in [7, 11) is 3.04. The molecule has 4 nitrogen and oxygen atoms in total. The van der Waals surface area contributed by atoms with Crippen molar-refractivity contribution in [2.24, 2.45) is 0 Å². The van der Waals surface area contributed by atoms with Crippen molar-refractivity contribution in [2.45, 2.75) is 6.42 Å². The maximum atomic E-state index is 11.7. The van der Waals surface area contributed by atoms with E-state index in [9.17, 15) is 4.79 Å². The lowest BCUT2D eigenvalue weighted by Gasteiger charge is -2.13. The first-order chi connectivity index (χ1) is 8.62. The van der Waals surface area contributed by atoms with E-state index >= 15 is 0 Å². The smallest absolute Gasteiger partial charge is 0.225 e. The Kier molecular flexibility index (Phi) is 6.15. The predicted molar refractivity (Wildman–Crippen MR) is 76.2 cm³/mol. The molecule has 1 aromatic rings. The number of anilines is 1. The molecule has 0 aliphatic carbocycles. The summed E-state index contributed by atoms with van der Waals surface area (Å²) >= 11 is 7.60. The lowest BCUT2D eigenvalue weighted by atomic mass is 10.2. The average molecular weight is 290 g/mol. The van der Waals surface area contributed by atoms with Crippen LogP contribution in [0.25, 0.3) is 0 Å². The Hall–Kier alpha value is -1.07. The number of halogens is 1. The summed E-state index contributed by atoms with van der Waals surface area (Å²) in [5, 5.41) is 3.22. The molecule has 18 heavy (non-hydrogen) atoms. The van der Waals surface area contributed by atoms with Crippen LogP contribution >= 0.6 is 23.4 Å². The van der Waals surface area contributed by atoms with Gasteiger partial charge in [-0.05, 0) is 6.26 Å². The summed E-state index contributed by atoms with van der Waals surface area (Å²) in [5.41, 5.74) is 0.560. The Morgan fingerprint density at radius 1 is 1.33 bits per heavy atom. The third kappa shape index (κ3) is 3.99. The molecule has 0 aliphatic heterocycles. The molecular weight excluding hydrogens is 274 g/mol. The van der Waals surface area contributed by atoms with Crippen LogP contribution in [0.5, 0.6) is 11.5 Å². The van der Waals surface area contributed by atoms with Crippen molar-refractivity contribution in [3.63, 3.8) is 0 Å². The highest BCUT2D eigenvalue weighted by molar-refractivity contribution is 7.98. The third-order valence-electron chi connectivity index (χ3n) is 2.28. The molecule has 0 saturated carbocycles. The van der Waals surface area contributed by atoms with E-state index in [4.69, 9.17) is 21.1 Å². The van der Waals surface area contributed by atoms with Crippen LogP contribution in [0.4, 0.5) is 5.69 Å². The van der Waals surface area contributed by atoms with Gasteiger partial charge in [-0.1, -0.05) is 11.6 Å². The molecule has 100 valence electrons. The molecule has 1 N–H and O–H groups in total. The van der Waals surface area contributed by atoms with Crippen molar-refractivity contribution >= 4 is 35.0 Å². The largest absolute Gasteiger partial charge is 0.495 e. The molecule has 0 radical (unpaired) electrons. The van der Waals surface area contributed by atoms with Crippen molar-refractivity contribution in [3.05, 3.63) is 17.2 Å². The minimum atomic E-state index is -0.0629. The van der Waals surface area contributed by atoms with E-state index in [1.165, 1.54) is 14.2 Å². The number of methoxy groups -OCH3 is 2. The van der Waals surface area contributed by atoms with Gasteiger partial charge in [0, 0.05) is 24.3 Å². The van der Waals surface area contributed by atoms with Gasteiger partial charge in [-0.2, -0.15) is 11.8 Å². The third-order valence-corrected chi connectivity index (χ3v) is 3.19. The number of carbonyl (C=O) groups is 1. The summed E-state index contributed by atoms with van der Waals surface area (Å²) in [5.74, 6) is 1.72. The lowest BCUT2D eigenvalue weighted by molar-refractivity contribution is -0.115. The van der Waals surface area contributed by atoms with Crippen LogP contribution in [0.15, 0.2) is 12.1 Å². The van der Waals surface area contributed by atoms with E-state index in [1.54, 1.807) is 23.9 Å². The van der Waals surface area contributed by atoms with Gasteiger partial charge in [0.2, 0.25) is 5.91 Å². The molecule has 0 unspecified atom stereocenters.